The highest BCUT2D eigenvalue weighted by atomic mass is 16.7. The maximum absolute atomic E-state index is 12.9. The van der Waals surface area contributed by atoms with Crippen molar-refractivity contribution >= 4 is 29.8 Å². The lowest BCUT2D eigenvalue weighted by molar-refractivity contribution is -0.152. The van der Waals surface area contributed by atoms with Gasteiger partial charge in [-0.2, -0.15) is 0 Å². The average Bonchev–Trinajstić information content (AvgIpc) is 3.11. The zero-order valence-corrected chi connectivity index (χ0v) is 21.2. The number of urea groups is 1. The van der Waals surface area contributed by atoms with Crippen LogP contribution in [0.5, 0.6) is 5.75 Å². The third-order valence-electron chi connectivity index (χ3n) is 6.17. The molecule has 0 aromatic heterocycles. The van der Waals surface area contributed by atoms with Crippen LogP contribution in [0.2, 0.25) is 0 Å². The summed E-state index contributed by atoms with van der Waals surface area (Å²) in [4.78, 5) is 62.3. The Hall–Kier alpha value is -4.14. The Labute approximate surface area is 230 Å². The Kier molecular flexibility index (Phi) is 10.0. The van der Waals surface area contributed by atoms with E-state index in [2.05, 4.69) is 10.8 Å². The molecule has 12 heteroatoms. The number of anilines is 1. The van der Waals surface area contributed by atoms with Gasteiger partial charge in [-0.25, -0.2) is 14.4 Å². The third kappa shape index (κ3) is 7.04. The molecule has 1 unspecified atom stereocenters. The molecule has 0 saturated carbocycles. The predicted molar refractivity (Wildman–Crippen MR) is 145 cm³/mol. The van der Waals surface area contributed by atoms with E-state index in [0.717, 1.165) is 5.69 Å². The number of ether oxygens (including phenoxy) is 2. The number of rotatable bonds is 4. The number of hydrogen-bond donors (Lipinski definition) is 0. The van der Waals surface area contributed by atoms with E-state index in [1.807, 2.05) is 24.3 Å². The average molecular weight is 546 g/mol. The molecule has 3 heterocycles. The van der Waals surface area contributed by atoms with Crippen LogP contribution >= 0.6 is 0 Å². The molecule has 1 atom stereocenters. The highest BCUT2D eigenvalue weighted by Crippen LogP contribution is 2.25. The first-order valence-corrected chi connectivity index (χ1v) is 12.1. The topological polar surface area (TPSA) is 112 Å². The molecule has 214 valence electrons. The highest BCUT2D eigenvalue weighted by Gasteiger charge is 2.51. The van der Waals surface area contributed by atoms with Crippen LogP contribution in [0.25, 0.3) is 0 Å². The van der Waals surface area contributed by atoms with Crippen LogP contribution in [0.4, 0.5) is 20.1 Å². The number of amides is 5. The fourth-order valence-corrected chi connectivity index (χ4v) is 4.31. The van der Waals surface area contributed by atoms with Crippen molar-refractivity contribution in [2.45, 2.75) is 47.3 Å². The smallest absolute Gasteiger partial charge is 0.434 e. The molecule has 1 aromatic carbocycles. The molecule has 3 aliphatic heterocycles. The number of benzene rings is 1. The van der Waals surface area contributed by atoms with E-state index in [-0.39, 0.29) is 41.1 Å². The van der Waals surface area contributed by atoms with Crippen LogP contribution in [0.15, 0.2) is 24.3 Å². The largest absolute Gasteiger partial charge is 0.481 e. The van der Waals surface area contributed by atoms with E-state index in [1.54, 1.807) is 20.8 Å². The first-order chi connectivity index (χ1) is 17.6. The zero-order valence-electron chi connectivity index (χ0n) is 21.2. The number of terminal acetylenes is 1. The lowest BCUT2D eigenvalue weighted by Crippen LogP contribution is -2.55. The normalized spacial score (nSPS) is 18.9. The summed E-state index contributed by atoms with van der Waals surface area (Å²) in [7, 11) is 0. The molecule has 3 saturated heterocycles. The minimum absolute atomic E-state index is 0. The van der Waals surface area contributed by atoms with Crippen molar-refractivity contribution in [2.24, 2.45) is 0 Å². The van der Waals surface area contributed by atoms with Gasteiger partial charge in [-0.05, 0) is 45.0 Å². The quantitative estimate of drug-likeness (QED) is 0.419. The monoisotopic (exact) mass is 545 g/mol. The van der Waals surface area contributed by atoms with Crippen molar-refractivity contribution in [1.82, 2.24) is 19.8 Å². The van der Waals surface area contributed by atoms with Crippen LogP contribution in [-0.4, -0.2) is 108 Å². The second-order valence-electron chi connectivity index (χ2n) is 9.87. The second-order valence-corrected chi connectivity index (χ2v) is 9.87. The molecular weight excluding hydrogens is 506 g/mol. The summed E-state index contributed by atoms with van der Waals surface area (Å²) in [5.41, 5.74) is 0.285. The molecule has 1 aromatic rings. The number of fused-ring (bicyclic) bond motifs is 1. The SMILES string of the molecule is C.C.C#CCOc1ccc(N2CCN(C(=O)ON3C(=O)C4CN(C(=O)OC(C)(C)C)CCN4C3=O)CC2)cc1. The highest BCUT2D eigenvalue weighted by molar-refractivity contribution is 6.04. The van der Waals surface area contributed by atoms with E-state index in [0.29, 0.717) is 37.0 Å². The molecule has 39 heavy (non-hydrogen) atoms. The molecular formula is C27H39N5O7. The van der Waals surface area contributed by atoms with Crippen LogP contribution in [0.1, 0.15) is 35.6 Å². The third-order valence-corrected chi connectivity index (χ3v) is 6.17. The number of nitrogens with zero attached hydrogens (tertiary/aromatic N) is 5. The Morgan fingerprint density at radius 1 is 0.949 bits per heavy atom. The van der Waals surface area contributed by atoms with E-state index >= 15 is 0 Å². The maximum atomic E-state index is 12.9. The Morgan fingerprint density at radius 2 is 1.56 bits per heavy atom. The van der Waals surface area contributed by atoms with E-state index < -0.39 is 35.8 Å². The van der Waals surface area contributed by atoms with Crippen molar-refractivity contribution in [3.05, 3.63) is 24.3 Å². The summed E-state index contributed by atoms with van der Waals surface area (Å²) in [6, 6.07) is 5.85. The van der Waals surface area contributed by atoms with E-state index in [4.69, 9.17) is 20.7 Å². The van der Waals surface area contributed by atoms with Gasteiger partial charge < -0.3 is 33.9 Å². The lowest BCUT2D eigenvalue weighted by Gasteiger charge is -2.35. The van der Waals surface area contributed by atoms with Gasteiger partial charge in [-0.3, -0.25) is 4.79 Å². The Bertz CT molecular complexity index is 1090. The molecule has 0 N–H and O–H groups in total. The zero-order chi connectivity index (χ0) is 26.7. The van der Waals surface area contributed by atoms with Gasteiger partial charge in [0.15, 0.2) is 0 Å². The first kappa shape index (κ1) is 31.1. The summed E-state index contributed by atoms with van der Waals surface area (Å²) in [5.74, 6) is 2.41. The van der Waals surface area contributed by atoms with Crippen LogP contribution in [0.3, 0.4) is 0 Å². The summed E-state index contributed by atoms with van der Waals surface area (Å²) in [6.07, 6.45) is 3.87. The van der Waals surface area contributed by atoms with Gasteiger partial charge in [0.2, 0.25) is 0 Å². The fourth-order valence-electron chi connectivity index (χ4n) is 4.31. The number of imide groups is 1. The minimum atomic E-state index is -0.925. The molecule has 3 fully saturated rings. The van der Waals surface area contributed by atoms with E-state index in [1.165, 1.54) is 14.7 Å². The van der Waals surface area contributed by atoms with Crippen LogP contribution in [-0.2, 0) is 14.4 Å². The minimum Gasteiger partial charge on any atom is -0.481 e. The standard InChI is InChI=1S/C25H31N5O7.2CH4/c1-5-16-35-19-8-6-18(7-9-19)26-10-12-27(13-11-26)24(34)37-30-21(31)20-17-28(14-15-29(20)22(30)32)23(33)36-25(2,3)4;;/h1,6-9,20H,10-17H2,2-4H3;2*1H4. The van der Waals surface area contributed by atoms with Crippen LogP contribution < -0.4 is 9.64 Å². The number of hydroxylamine groups is 2. The molecule has 0 radical (unpaired) electrons. The van der Waals surface area contributed by atoms with Gasteiger partial charge in [0.1, 0.15) is 24.0 Å². The second kappa shape index (κ2) is 12.6. The first-order valence-electron chi connectivity index (χ1n) is 12.1. The summed E-state index contributed by atoms with van der Waals surface area (Å²) < 4.78 is 10.8. The number of carbonyl (C=O) groups is 4. The summed E-state index contributed by atoms with van der Waals surface area (Å²) in [5, 5.41) is 0.507. The van der Waals surface area contributed by atoms with E-state index in [9.17, 15) is 19.2 Å². The van der Waals surface area contributed by atoms with Gasteiger partial charge >= 0.3 is 18.2 Å². The molecule has 12 nitrogen and oxygen atoms in total. The van der Waals surface area contributed by atoms with Crippen molar-refractivity contribution in [1.29, 1.82) is 0 Å². The van der Waals surface area contributed by atoms with Crippen molar-refractivity contribution in [3.8, 4) is 18.1 Å². The van der Waals surface area contributed by atoms with Gasteiger partial charge in [0.25, 0.3) is 5.91 Å². The van der Waals surface area contributed by atoms with Gasteiger partial charge in [-0.15, -0.1) is 6.42 Å². The Balaban J connectivity index is 0.00000267. The lowest BCUT2D eigenvalue weighted by atomic mass is 10.2. The molecule has 3 aliphatic rings. The number of piperazine rings is 2. The molecule has 0 bridgehead atoms. The molecule has 0 spiro atoms. The van der Waals surface area contributed by atoms with Crippen molar-refractivity contribution < 1.29 is 33.5 Å². The van der Waals surface area contributed by atoms with Crippen molar-refractivity contribution in [3.63, 3.8) is 0 Å². The molecule has 0 aliphatic carbocycles. The maximum Gasteiger partial charge on any atom is 0.434 e. The summed E-state index contributed by atoms with van der Waals surface area (Å²) in [6.45, 7) is 7.55. The molecule has 5 amide bonds. The molecule has 4 rings (SSSR count). The summed E-state index contributed by atoms with van der Waals surface area (Å²) >= 11 is 0. The van der Waals surface area contributed by atoms with Gasteiger partial charge in [-0.1, -0.05) is 25.8 Å². The Morgan fingerprint density at radius 3 is 2.15 bits per heavy atom. The predicted octanol–water partition coefficient (Wildman–Crippen LogP) is 3.03. The number of hydrogen-bond acceptors (Lipinski definition) is 8. The van der Waals surface area contributed by atoms with Gasteiger partial charge in [0, 0.05) is 45.0 Å². The van der Waals surface area contributed by atoms with Crippen LogP contribution in [0, 0.1) is 12.3 Å². The number of carbonyl (C=O) groups excluding carboxylic acids is 4. The van der Waals surface area contributed by atoms with Gasteiger partial charge in [0.05, 0.1) is 6.54 Å². The fraction of sp³-hybridized carbons (Fsp3) is 0.556. The van der Waals surface area contributed by atoms with Crippen molar-refractivity contribution in [2.75, 3.05) is 57.3 Å².